The van der Waals surface area contributed by atoms with Crippen molar-refractivity contribution in [2.75, 3.05) is 14.2 Å². The molecule has 0 amide bonds. The molecule has 3 rings (SSSR count). The second-order valence-electron chi connectivity index (χ2n) is 4.95. The number of fused-ring (bicyclic) bond motifs is 1. The summed E-state index contributed by atoms with van der Waals surface area (Å²) < 4.78 is 11.9. The fraction of sp³-hybridized carbons (Fsp3) is 0.118. The summed E-state index contributed by atoms with van der Waals surface area (Å²) in [5, 5.41) is 4.47. The van der Waals surface area contributed by atoms with Crippen LogP contribution in [0.1, 0.15) is 20.8 Å². The first-order valence-corrected chi connectivity index (χ1v) is 7.80. The van der Waals surface area contributed by atoms with Crippen molar-refractivity contribution < 1.29 is 19.1 Å². The van der Waals surface area contributed by atoms with E-state index in [4.69, 9.17) is 9.47 Å². The lowest BCUT2D eigenvalue weighted by Crippen LogP contribution is -2.07. The number of hydrogen-bond donors (Lipinski definition) is 0. The first kappa shape index (κ1) is 16.2. The Morgan fingerprint density at radius 1 is 1.00 bits per heavy atom. The third-order valence-corrected chi connectivity index (χ3v) is 4.09. The van der Waals surface area contributed by atoms with Gasteiger partial charge in [-0.2, -0.15) is 5.10 Å². The molecule has 0 aliphatic carbocycles. The monoisotopic (exact) mass is 388 g/mol. The van der Waals surface area contributed by atoms with E-state index >= 15 is 0 Å². The van der Waals surface area contributed by atoms with E-state index in [1.807, 2.05) is 24.3 Å². The van der Waals surface area contributed by atoms with Gasteiger partial charge in [0, 0.05) is 10.0 Å². The maximum atomic E-state index is 12.0. The fourth-order valence-electron chi connectivity index (χ4n) is 2.38. The second-order valence-corrected chi connectivity index (χ2v) is 5.86. The van der Waals surface area contributed by atoms with Gasteiger partial charge < -0.3 is 9.47 Å². The highest BCUT2D eigenvalue weighted by Gasteiger charge is 2.21. The van der Waals surface area contributed by atoms with E-state index in [-0.39, 0.29) is 11.3 Å². The van der Waals surface area contributed by atoms with Crippen LogP contribution in [0.5, 0.6) is 0 Å². The Balaban J connectivity index is 2.22. The number of esters is 2. The topological polar surface area (TPSA) is 69.9 Å². The maximum Gasteiger partial charge on any atom is 0.356 e. The summed E-state index contributed by atoms with van der Waals surface area (Å²) in [5.74, 6) is -1.12. The van der Waals surface area contributed by atoms with Crippen LogP contribution in [0.2, 0.25) is 0 Å². The van der Waals surface area contributed by atoms with E-state index in [2.05, 4.69) is 21.0 Å². The van der Waals surface area contributed by atoms with E-state index < -0.39 is 11.9 Å². The van der Waals surface area contributed by atoms with Gasteiger partial charge in [0.05, 0.1) is 31.0 Å². The van der Waals surface area contributed by atoms with Crippen LogP contribution in [0.4, 0.5) is 0 Å². The Bertz CT molecular complexity index is 932. The fourth-order valence-corrected chi connectivity index (χ4v) is 2.65. The summed E-state index contributed by atoms with van der Waals surface area (Å²) in [4.78, 5) is 23.9. The molecule has 3 aromatic rings. The molecule has 0 fully saturated rings. The molecule has 0 unspecified atom stereocenters. The van der Waals surface area contributed by atoms with Crippen LogP contribution in [-0.4, -0.2) is 35.8 Å². The van der Waals surface area contributed by atoms with Crippen molar-refractivity contribution in [3.8, 4) is 11.3 Å². The van der Waals surface area contributed by atoms with Gasteiger partial charge in [-0.1, -0.05) is 28.1 Å². The first-order valence-electron chi connectivity index (χ1n) is 7.00. The summed E-state index contributed by atoms with van der Waals surface area (Å²) >= 11 is 3.39. The molecule has 0 radical (unpaired) electrons. The molecule has 0 saturated carbocycles. The number of halogens is 1. The van der Waals surface area contributed by atoms with Gasteiger partial charge >= 0.3 is 11.9 Å². The highest BCUT2D eigenvalue weighted by atomic mass is 79.9. The Hall–Kier alpha value is -2.67. The van der Waals surface area contributed by atoms with Gasteiger partial charge in [0.25, 0.3) is 0 Å². The Morgan fingerprint density at radius 3 is 2.29 bits per heavy atom. The van der Waals surface area contributed by atoms with Crippen molar-refractivity contribution >= 4 is 33.4 Å². The Morgan fingerprint density at radius 2 is 1.67 bits per heavy atom. The number of carbonyl (C=O) groups is 2. The predicted octanol–water partition coefficient (Wildman–Crippen LogP) is 3.34. The minimum absolute atomic E-state index is 0.159. The molecule has 0 saturated heterocycles. The van der Waals surface area contributed by atoms with Crippen molar-refractivity contribution in [1.82, 2.24) is 9.61 Å². The average Bonchev–Trinajstić information content (AvgIpc) is 2.99. The van der Waals surface area contributed by atoms with Crippen molar-refractivity contribution in [1.29, 1.82) is 0 Å². The van der Waals surface area contributed by atoms with Crippen molar-refractivity contribution in [2.24, 2.45) is 0 Å². The van der Waals surface area contributed by atoms with Crippen LogP contribution >= 0.6 is 15.9 Å². The Kier molecular flexibility index (Phi) is 4.35. The summed E-state index contributed by atoms with van der Waals surface area (Å²) in [6, 6.07) is 12.5. The molecule has 0 N–H and O–H groups in total. The molecule has 0 atom stereocenters. The average molecular weight is 389 g/mol. The first-order chi connectivity index (χ1) is 11.5. The summed E-state index contributed by atoms with van der Waals surface area (Å²) in [6.45, 7) is 0. The summed E-state index contributed by atoms with van der Waals surface area (Å²) in [6.07, 6.45) is 0. The SMILES string of the molecule is COC(=O)c1cc(C(=O)OC)n2nc(-c3ccc(Br)cc3)ccc12. The highest BCUT2D eigenvalue weighted by molar-refractivity contribution is 9.10. The number of ether oxygens (including phenoxy) is 2. The molecule has 0 aliphatic rings. The smallest absolute Gasteiger partial charge is 0.356 e. The number of aromatic nitrogens is 2. The number of rotatable bonds is 3. The van der Waals surface area contributed by atoms with Crippen LogP contribution in [0, 0.1) is 0 Å². The normalized spacial score (nSPS) is 10.6. The lowest BCUT2D eigenvalue weighted by molar-refractivity contribution is 0.0591. The second kappa shape index (κ2) is 6.45. The zero-order valence-corrected chi connectivity index (χ0v) is 14.5. The van der Waals surface area contributed by atoms with Gasteiger partial charge in [-0.3, -0.25) is 0 Å². The molecule has 2 aromatic heterocycles. The number of methoxy groups -OCH3 is 2. The largest absolute Gasteiger partial charge is 0.465 e. The Labute approximate surface area is 146 Å². The molecular formula is C17H13BrN2O4. The minimum Gasteiger partial charge on any atom is -0.465 e. The molecule has 0 aliphatic heterocycles. The van der Waals surface area contributed by atoms with Gasteiger partial charge in [0.2, 0.25) is 0 Å². The molecular weight excluding hydrogens is 376 g/mol. The summed E-state index contributed by atoms with van der Waals surface area (Å²) in [5.41, 5.74) is 2.43. The van der Waals surface area contributed by atoms with Crippen LogP contribution < -0.4 is 0 Å². The van der Waals surface area contributed by atoms with E-state index in [0.29, 0.717) is 11.2 Å². The molecule has 2 heterocycles. The predicted molar refractivity (Wildman–Crippen MR) is 91.0 cm³/mol. The van der Waals surface area contributed by atoms with E-state index in [1.165, 1.54) is 24.8 Å². The molecule has 24 heavy (non-hydrogen) atoms. The van der Waals surface area contributed by atoms with Gasteiger partial charge in [0.1, 0.15) is 0 Å². The van der Waals surface area contributed by atoms with Crippen molar-refractivity contribution in [3.05, 3.63) is 58.2 Å². The number of nitrogens with zero attached hydrogens (tertiary/aromatic N) is 2. The molecule has 1 aromatic carbocycles. The molecule has 0 spiro atoms. The molecule has 6 nitrogen and oxygen atoms in total. The van der Waals surface area contributed by atoms with Crippen molar-refractivity contribution in [2.45, 2.75) is 0 Å². The van der Waals surface area contributed by atoms with Crippen LogP contribution in [-0.2, 0) is 9.47 Å². The third-order valence-electron chi connectivity index (χ3n) is 3.56. The van der Waals surface area contributed by atoms with E-state index in [0.717, 1.165) is 10.0 Å². The van der Waals surface area contributed by atoms with E-state index in [1.54, 1.807) is 12.1 Å². The van der Waals surface area contributed by atoms with Crippen molar-refractivity contribution in [3.63, 3.8) is 0 Å². The maximum absolute atomic E-state index is 12.0. The van der Waals surface area contributed by atoms with Gasteiger partial charge in [-0.15, -0.1) is 0 Å². The molecule has 122 valence electrons. The zero-order chi connectivity index (χ0) is 17.3. The van der Waals surface area contributed by atoms with Crippen LogP contribution in [0.25, 0.3) is 16.8 Å². The van der Waals surface area contributed by atoms with Crippen LogP contribution in [0.3, 0.4) is 0 Å². The highest BCUT2D eigenvalue weighted by Crippen LogP contribution is 2.24. The molecule has 7 heteroatoms. The zero-order valence-electron chi connectivity index (χ0n) is 12.9. The quantitative estimate of drug-likeness (QED) is 0.643. The number of benzene rings is 1. The molecule has 0 bridgehead atoms. The van der Waals surface area contributed by atoms with Crippen LogP contribution in [0.15, 0.2) is 46.9 Å². The van der Waals surface area contributed by atoms with E-state index in [9.17, 15) is 9.59 Å². The third kappa shape index (κ3) is 2.78. The lowest BCUT2D eigenvalue weighted by atomic mass is 10.1. The van der Waals surface area contributed by atoms with Gasteiger partial charge in [-0.25, -0.2) is 14.1 Å². The minimum atomic E-state index is -0.583. The lowest BCUT2D eigenvalue weighted by Gasteiger charge is -2.05. The summed E-state index contributed by atoms with van der Waals surface area (Å²) in [7, 11) is 2.56. The standard InChI is InChI=1S/C17H13BrN2O4/c1-23-16(21)12-9-15(17(22)24-2)20-14(12)8-7-13(19-20)10-3-5-11(18)6-4-10/h3-9H,1-2H3. The number of hydrogen-bond acceptors (Lipinski definition) is 5. The number of carbonyl (C=O) groups excluding carboxylic acids is 2. The van der Waals surface area contributed by atoms with Gasteiger partial charge in [0.15, 0.2) is 5.69 Å². The van der Waals surface area contributed by atoms with Gasteiger partial charge in [-0.05, 0) is 30.3 Å².